The molecule has 0 saturated carbocycles. The number of aryl methyl sites for hydroxylation is 1. The first kappa shape index (κ1) is 6.70. The summed E-state index contributed by atoms with van der Waals surface area (Å²) in [7, 11) is 0. The van der Waals surface area contributed by atoms with Crippen LogP contribution in [0.5, 0.6) is 0 Å². The van der Waals surface area contributed by atoms with Crippen molar-refractivity contribution in [2.75, 3.05) is 5.73 Å². The van der Waals surface area contributed by atoms with E-state index in [9.17, 15) is 0 Å². The zero-order valence-corrected chi connectivity index (χ0v) is 5.89. The summed E-state index contributed by atoms with van der Waals surface area (Å²) in [5, 5.41) is 0. The third-order valence-corrected chi connectivity index (χ3v) is 1.36. The normalized spacial score (nSPS) is 8.80. The van der Waals surface area contributed by atoms with Crippen LogP contribution in [-0.2, 0) is 0 Å². The molecule has 0 saturated heterocycles. The summed E-state index contributed by atoms with van der Waals surface area (Å²) in [5.74, 6) is 2.51. The van der Waals surface area contributed by atoms with E-state index in [0.717, 1.165) is 11.1 Å². The minimum atomic E-state index is 0.674. The third-order valence-electron chi connectivity index (χ3n) is 1.36. The van der Waals surface area contributed by atoms with Crippen molar-refractivity contribution in [3.8, 4) is 12.3 Å². The number of nitrogens with two attached hydrogens (primary N) is 1. The predicted molar refractivity (Wildman–Crippen MR) is 43.5 cm³/mol. The maximum absolute atomic E-state index is 5.56. The third kappa shape index (κ3) is 1.11. The summed E-state index contributed by atoms with van der Waals surface area (Å²) < 4.78 is 0. The molecule has 0 aliphatic carbocycles. The molecule has 1 aromatic carbocycles. The smallest absolute Gasteiger partial charge is 0.0474 e. The molecule has 0 unspecified atom stereocenters. The van der Waals surface area contributed by atoms with E-state index in [1.807, 2.05) is 25.1 Å². The molecule has 0 aliphatic heterocycles. The maximum Gasteiger partial charge on any atom is 0.0474 e. The lowest BCUT2D eigenvalue weighted by molar-refractivity contribution is 1.46. The Morgan fingerprint density at radius 1 is 1.50 bits per heavy atom. The van der Waals surface area contributed by atoms with E-state index < -0.39 is 0 Å². The molecule has 10 heavy (non-hydrogen) atoms. The van der Waals surface area contributed by atoms with Gasteiger partial charge >= 0.3 is 0 Å². The lowest BCUT2D eigenvalue weighted by Gasteiger charge is -1.97. The van der Waals surface area contributed by atoms with E-state index >= 15 is 0 Å². The van der Waals surface area contributed by atoms with Crippen LogP contribution in [-0.4, -0.2) is 0 Å². The van der Waals surface area contributed by atoms with Crippen molar-refractivity contribution in [3.05, 3.63) is 29.3 Å². The van der Waals surface area contributed by atoms with Gasteiger partial charge < -0.3 is 5.73 Å². The molecule has 1 aromatic rings. The van der Waals surface area contributed by atoms with Crippen LogP contribution in [0.15, 0.2) is 18.2 Å². The molecule has 0 aromatic heterocycles. The van der Waals surface area contributed by atoms with Crippen molar-refractivity contribution in [2.24, 2.45) is 0 Å². The molecule has 50 valence electrons. The number of rotatable bonds is 0. The van der Waals surface area contributed by atoms with Crippen LogP contribution < -0.4 is 5.73 Å². The van der Waals surface area contributed by atoms with Crippen LogP contribution in [0.25, 0.3) is 0 Å². The zero-order chi connectivity index (χ0) is 7.56. The first-order valence-electron chi connectivity index (χ1n) is 3.07. The molecule has 0 radical (unpaired) electrons. The molecule has 0 amide bonds. The quantitative estimate of drug-likeness (QED) is 0.419. The van der Waals surface area contributed by atoms with Gasteiger partial charge in [-0.3, -0.25) is 0 Å². The second-order valence-corrected chi connectivity index (χ2v) is 2.24. The Balaban J connectivity index is 3.25. The first-order valence-corrected chi connectivity index (χ1v) is 3.07. The second-order valence-electron chi connectivity index (χ2n) is 2.24. The van der Waals surface area contributed by atoms with Gasteiger partial charge in [-0.05, 0) is 24.6 Å². The fourth-order valence-corrected chi connectivity index (χ4v) is 0.795. The van der Waals surface area contributed by atoms with E-state index in [2.05, 4.69) is 5.92 Å². The summed E-state index contributed by atoms with van der Waals surface area (Å²) >= 11 is 0. The minimum Gasteiger partial charge on any atom is -0.398 e. The number of hydrogen-bond acceptors (Lipinski definition) is 1. The van der Waals surface area contributed by atoms with E-state index in [1.165, 1.54) is 0 Å². The summed E-state index contributed by atoms with van der Waals surface area (Å²) in [6.07, 6.45) is 5.19. The highest BCUT2D eigenvalue weighted by molar-refractivity contribution is 5.56. The summed E-state index contributed by atoms with van der Waals surface area (Å²) in [6, 6.07) is 5.66. The Hall–Kier alpha value is -1.42. The van der Waals surface area contributed by atoms with Crippen LogP contribution in [0.2, 0.25) is 0 Å². The number of anilines is 1. The monoisotopic (exact) mass is 131 g/mol. The summed E-state index contributed by atoms with van der Waals surface area (Å²) in [6.45, 7) is 1.99. The van der Waals surface area contributed by atoms with Crippen molar-refractivity contribution in [1.29, 1.82) is 0 Å². The van der Waals surface area contributed by atoms with Gasteiger partial charge in [-0.15, -0.1) is 6.42 Å². The Bertz CT molecular complexity index is 281. The predicted octanol–water partition coefficient (Wildman–Crippen LogP) is 1.56. The van der Waals surface area contributed by atoms with Crippen LogP contribution in [0.4, 0.5) is 5.69 Å². The molecule has 1 heteroatoms. The largest absolute Gasteiger partial charge is 0.398 e. The lowest BCUT2D eigenvalue weighted by Crippen LogP contribution is -1.89. The maximum atomic E-state index is 5.56. The lowest BCUT2D eigenvalue weighted by atomic mass is 10.1. The van der Waals surface area contributed by atoms with E-state index in [-0.39, 0.29) is 0 Å². The highest BCUT2D eigenvalue weighted by atomic mass is 14.5. The SMILES string of the molecule is C#Cc1cc(C)ccc1N. The van der Waals surface area contributed by atoms with Gasteiger partial charge in [0.25, 0.3) is 0 Å². The highest BCUT2D eigenvalue weighted by Crippen LogP contribution is 2.11. The van der Waals surface area contributed by atoms with Gasteiger partial charge in [0.1, 0.15) is 0 Å². The van der Waals surface area contributed by atoms with Crippen LogP contribution in [0.3, 0.4) is 0 Å². The van der Waals surface area contributed by atoms with Crippen molar-refractivity contribution in [3.63, 3.8) is 0 Å². The molecule has 0 heterocycles. The number of nitrogen functional groups attached to an aromatic ring is 1. The van der Waals surface area contributed by atoms with E-state index in [4.69, 9.17) is 12.2 Å². The van der Waals surface area contributed by atoms with Gasteiger partial charge in [0, 0.05) is 11.3 Å². The van der Waals surface area contributed by atoms with Gasteiger partial charge in [0.15, 0.2) is 0 Å². The van der Waals surface area contributed by atoms with Gasteiger partial charge in [0.05, 0.1) is 0 Å². The first-order chi connectivity index (χ1) is 4.74. The molecule has 0 fully saturated rings. The molecule has 0 spiro atoms. The van der Waals surface area contributed by atoms with Crippen molar-refractivity contribution >= 4 is 5.69 Å². The van der Waals surface area contributed by atoms with Crippen LogP contribution in [0, 0.1) is 19.3 Å². The molecule has 0 bridgehead atoms. The fraction of sp³-hybridized carbons (Fsp3) is 0.111. The van der Waals surface area contributed by atoms with Crippen LogP contribution >= 0.6 is 0 Å². The van der Waals surface area contributed by atoms with E-state index in [0.29, 0.717) is 5.69 Å². The summed E-state index contributed by atoms with van der Waals surface area (Å²) in [5.41, 5.74) is 8.15. The highest BCUT2D eigenvalue weighted by Gasteiger charge is 1.92. The molecule has 1 nitrogen and oxygen atoms in total. The van der Waals surface area contributed by atoms with Crippen LogP contribution in [0.1, 0.15) is 11.1 Å². The summed E-state index contributed by atoms with van der Waals surface area (Å²) in [4.78, 5) is 0. The molecular weight excluding hydrogens is 122 g/mol. The number of hydrogen-bond donors (Lipinski definition) is 1. The number of terminal acetylenes is 1. The van der Waals surface area contributed by atoms with Crippen molar-refractivity contribution in [1.82, 2.24) is 0 Å². The molecule has 0 atom stereocenters. The zero-order valence-electron chi connectivity index (χ0n) is 5.89. The molecular formula is C9H9N. The molecule has 2 N–H and O–H groups in total. The number of benzene rings is 1. The van der Waals surface area contributed by atoms with Crippen molar-refractivity contribution in [2.45, 2.75) is 6.92 Å². The van der Waals surface area contributed by atoms with E-state index in [1.54, 1.807) is 0 Å². The Kier molecular flexibility index (Phi) is 1.64. The van der Waals surface area contributed by atoms with Gasteiger partial charge in [-0.2, -0.15) is 0 Å². The average molecular weight is 131 g/mol. The Morgan fingerprint density at radius 2 is 2.20 bits per heavy atom. The standard InChI is InChI=1S/C9H9N/c1-3-8-6-7(2)4-5-9(8)10/h1,4-6H,10H2,2H3. The second kappa shape index (κ2) is 2.45. The van der Waals surface area contributed by atoms with Gasteiger partial charge in [-0.25, -0.2) is 0 Å². The Labute approximate surface area is 60.9 Å². The fourth-order valence-electron chi connectivity index (χ4n) is 0.795. The van der Waals surface area contributed by atoms with Crippen molar-refractivity contribution < 1.29 is 0 Å². The van der Waals surface area contributed by atoms with Gasteiger partial charge in [-0.1, -0.05) is 12.0 Å². The average Bonchev–Trinajstić information content (AvgIpc) is 1.94. The molecule has 0 aliphatic rings. The minimum absolute atomic E-state index is 0.674. The topological polar surface area (TPSA) is 26.0 Å². The van der Waals surface area contributed by atoms with Gasteiger partial charge in [0.2, 0.25) is 0 Å². The molecule has 1 rings (SSSR count). The Morgan fingerprint density at radius 3 is 2.70 bits per heavy atom.